The summed E-state index contributed by atoms with van der Waals surface area (Å²) in [7, 11) is 0. The van der Waals surface area contributed by atoms with Gasteiger partial charge in [-0.15, -0.1) is 0 Å². The molecule has 0 amide bonds. The normalized spacial score (nSPS) is 29.5. The highest BCUT2D eigenvalue weighted by Gasteiger charge is 2.45. The van der Waals surface area contributed by atoms with Gasteiger partial charge in [0.05, 0.1) is 23.5 Å². The largest absolute Gasteiger partial charge is 0.490 e. The van der Waals surface area contributed by atoms with Crippen molar-refractivity contribution in [3.05, 3.63) is 41.5 Å². The fourth-order valence-corrected chi connectivity index (χ4v) is 6.84. The number of carboxylic acids is 1. The molecule has 3 fully saturated rings. The molecule has 37 heavy (non-hydrogen) atoms. The van der Waals surface area contributed by atoms with Crippen LogP contribution in [-0.2, 0) is 4.79 Å². The Kier molecular flexibility index (Phi) is 7.11. The van der Waals surface area contributed by atoms with Crippen LogP contribution in [0.5, 0.6) is 5.75 Å². The van der Waals surface area contributed by atoms with Crippen LogP contribution >= 0.6 is 0 Å². The van der Waals surface area contributed by atoms with Gasteiger partial charge in [-0.25, -0.2) is 8.78 Å². The molecule has 2 bridgehead atoms. The number of alkyl halides is 5. The van der Waals surface area contributed by atoms with Crippen LogP contribution in [0.25, 0.3) is 10.8 Å². The van der Waals surface area contributed by atoms with Crippen molar-refractivity contribution in [2.45, 2.75) is 95.1 Å². The third kappa shape index (κ3) is 5.16. The summed E-state index contributed by atoms with van der Waals surface area (Å²) < 4.78 is 73.7. The number of piperidine rings is 1. The van der Waals surface area contributed by atoms with E-state index in [1.165, 1.54) is 6.07 Å². The third-order valence-corrected chi connectivity index (χ3v) is 8.76. The molecule has 202 valence electrons. The summed E-state index contributed by atoms with van der Waals surface area (Å²) in [5.41, 5.74) is 0.653. The van der Waals surface area contributed by atoms with E-state index in [9.17, 15) is 31.9 Å². The van der Waals surface area contributed by atoms with Crippen LogP contribution in [0.1, 0.15) is 81.9 Å². The second-order valence-corrected chi connectivity index (χ2v) is 10.9. The highest BCUT2D eigenvalue weighted by molar-refractivity contribution is 5.88. The van der Waals surface area contributed by atoms with E-state index >= 15 is 0 Å². The Morgan fingerprint density at radius 3 is 2.19 bits per heavy atom. The Labute approximate surface area is 212 Å². The molecule has 1 aliphatic carbocycles. The first kappa shape index (κ1) is 26.2. The fraction of sp³-hybridized carbons (Fsp3) is 0.607. The summed E-state index contributed by atoms with van der Waals surface area (Å²) in [6.45, 7) is 2.04. The Balaban J connectivity index is 1.39. The molecule has 4 nitrogen and oxygen atoms in total. The number of rotatable bonds is 6. The molecule has 5 rings (SSSR count). The zero-order valence-corrected chi connectivity index (χ0v) is 20.7. The van der Waals surface area contributed by atoms with Gasteiger partial charge < -0.3 is 9.84 Å². The van der Waals surface area contributed by atoms with Gasteiger partial charge in [0.15, 0.2) is 0 Å². The summed E-state index contributed by atoms with van der Waals surface area (Å²) in [5.74, 6) is -2.42. The van der Waals surface area contributed by atoms with Crippen molar-refractivity contribution in [1.82, 2.24) is 4.90 Å². The summed E-state index contributed by atoms with van der Waals surface area (Å²) in [6, 6.07) is 8.99. The summed E-state index contributed by atoms with van der Waals surface area (Å²) in [4.78, 5) is 13.9. The predicted octanol–water partition coefficient (Wildman–Crippen LogP) is 7.67. The van der Waals surface area contributed by atoms with Crippen LogP contribution in [0.2, 0.25) is 0 Å². The van der Waals surface area contributed by atoms with Crippen LogP contribution in [0.15, 0.2) is 30.3 Å². The molecule has 0 aromatic heterocycles. The van der Waals surface area contributed by atoms with Gasteiger partial charge in [0.2, 0.25) is 0 Å². The van der Waals surface area contributed by atoms with Gasteiger partial charge in [-0.3, -0.25) is 9.69 Å². The maximum absolute atomic E-state index is 14.4. The van der Waals surface area contributed by atoms with Crippen molar-refractivity contribution in [3.8, 4) is 5.75 Å². The van der Waals surface area contributed by atoms with E-state index in [1.54, 1.807) is 12.1 Å². The molecule has 2 aromatic rings. The lowest BCUT2D eigenvalue weighted by molar-refractivity contribution is -0.185. The van der Waals surface area contributed by atoms with Crippen LogP contribution < -0.4 is 4.74 Å². The molecular formula is C28H32F5NO3. The minimum atomic E-state index is -4.24. The first-order valence-corrected chi connectivity index (χ1v) is 13.1. The maximum Gasteiger partial charge on any atom is 0.391 e. The van der Waals surface area contributed by atoms with Crippen molar-refractivity contribution in [3.63, 3.8) is 0 Å². The summed E-state index contributed by atoms with van der Waals surface area (Å²) in [6.07, 6.45) is -4.28. The molecule has 3 aliphatic rings. The average Bonchev–Trinajstić information content (AvgIpc) is 3.11. The van der Waals surface area contributed by atoms with Gasteiger partial charge in [0, 0.05) is 18.1 Å². The monoisotopic (exact) mass is 525 g/mol. The lowest BCUT2D eigenvalue weighted by Gasteiger charge is -2.41. The van der Waals surface area contributed by atoms with Crippen molar-refractivity contribution in [1.29, 1.82) is 0 Å². The van der Waals surface area contributed by atoms with Crippen molar-refractivity contribution >= 4 is 16.7 Å². The maximum atomic E-state index is 14.4. The first-order chi connectivity index (χ1) is 17.5. The van der Waals surface area contributed by atoms with E-state index in [0.29, 0.717) is 23.6 Å². The zero-order chi connectivity index (χ0) is 26.5. The number of hydrogen-bond donors (Lipinski definition) is 1. The van der Waals surface area contributed by atoms with Gasteiger partial charge in [0.25, 0.3) is 6.43 Å². The number of aliphatic carboxylic acids is 1. The minimum absolute atomic E-state index is 0.0325. The summed E-state index contributed by atoms with van der Waals surface area (Å²) in [5, 5.41) is 10.5. The number of fused-ring (bicyclic) bond motifs is 3. The minimum Gasteiger partial charge on any atom is -0.490 e. The standard InChI is InChI=1S/C28H32F5NO3/c1-15(34-20-7-8-21(34)13-18(12-20)27(35)36)17-3-2-16-4-11-24(25(26(29)30)23(16)14-17)37-22-9-5-19(6-10-22)28(31,32)33/h2-4,11,14-15,18-22,26H,5-10,12-13H2,1H3,(H,35,36)/t15?,18?,19-,20?,21?,22+. The van der Waals surface area contributed by atoms with Crippen molar-refractivity contribution in [2.24, 2.45) is 11.8 Å². The molecule has 0 spiro atoms. The first-order valence-electron chi connectivity index (χ1n) is 13.1. The number of hydrogen-bond acceptors (Lipinski definition) is 3. The van der Waals surface area contributed by atoms with Crippen LogP contribution in [0.3, 0.4) is 0 Å². The van der Waals surface area contributed by atoms with Gasteiger partial charge in [-0.05, 0) is 86.8 Å². The molecule has 9 heteroatoms. The number of ether oxygens (including phenoxy) is 1. The molecule has 3 unspecified atom stereocenters. The lowest BCUT2D eigenvalue weighted by atomic mass is 9.87. The SMILES string of the molecule is CC(c1ccc2ccc(O[C@H]3CC[C@@H](C(F)(F)F)CC3)c(C(F)F)c2c1)N1C2CCC1CC(C(=O)O)C2. The number of carboxylic acid groups (broad SMARTS) is 1. The fourth-order valence-electron chi connectivity index (χ4n) is 6.84. The van der Waals surface area contributed by atoms with Gasteiger partial charge in [0.1, 0.15) is 5.75 Å². The predicted molar refractivity (Wildman–Crippen MR) is 129 cm³/mol. The highest BCUT2D eigenvalue weighted by Crippen LogP contribution is 2.45. The van der Waals surface area contributed by atoms with Gasteiger partial charge in [-0.1, -0.05) is 18.2 Å². The molecule has 2 saturated heterocycles. The highest BCUT2D eigenvalue weighted by atomic mass is 19.4. The molecule has 3 atom stereocenters. The van der Waals surface area contributed by atoms with E-state index < -0.39 is 30.6 Å². The Bertz CT molecular complexity index is 1130. The quantitative estimate of drug-likeness (QED) is 0.393. The molecule has 2 heterocycles. The molecule has 2 aliphatic heterocycles. The van der Waals surface area contributed by atoms with Crippen molar-refractivity contribution in [2.75, 3.05) is 0 Å². The Hall–Kier alpha value is -2.42. The zero-order valence-electron chi connectivity index (χ0n) is 20.7. The van der Waals surface area contributed by atoms with Crippen LogP contribution in [-0.4, -0.2) is 40.3 Å². The van der Waals surface area contributed by atoms with E-state index in [4.69, 9.17) is 4.74 Å². The van der Waals surface area contributed by atoms with Gasteiger partial charge >= 0.3 is 12.1 Å². The Morgan fingerprint density at radius 1 is 1.00 bits per heavy atom. The van der Waals surface area contributed by atoms with E-state index in [1.807, 2.05) is 19.1 Å². The van der Waals surface area contributed by atoms with E-state index in [0.717, 1.165) is 18.4 Å². The molecular weight excluding hydrogens is 493 g/mol. The number of carbonyl (C=O) groups is 1. The third-order valence-electron chi connectivity index (χ3n) is 8.76. The number of benzene rings is 2. The van der Waals surface area contributed by atoms with Crippen molar-refractivity contribution < 1.29 is 36.6 Å². The lowest BCUT2D eigenvalue weighted by Crippen LogP contribution is -2.45. The molecule has 2 aromatic carbocycles. The number of nitrogens with zero attached hydrogens (tertiary/aromatic N) is 1. The molecule has 1 N–H and O–H groups in total. The molecule has 1 saturated carbocycles. The van der Waals surface area contributed by atoms with E-state index in [-0.39, 0.29) is 61.0 Å². The van der Waals surface area contributed by atoms with Crippen LogP contribution in [0, 0.1) is 11.8 Å². The van der Waals surface area contributed by atoms with Crippen LogP contribution in [0.4, 0.5) is 22.0 Å². The Morgan fingerprint density at radius 2 is 1.62 bits per heavy atom. The smallest absolute Gasteiger partial charge is 0.391 e. The summed E-state index contributed by atoms with van der Waals surface area (Å²) >= 11 is 0. The number of halogens is 5. The topological polar surface area (TPSA) is 49.8 Å². The second kappa shape index (κ2) is 10.0. The average molecular weight is 526 g/mol. The van der Waals surface area contributed by atoms with Gasteiger partial charge in [-0.2, -0.15) is 13.2 Å². The van der Waals surface area contributed by atoms with E-state index in [2.05, 4.69) is 4.90 Å². The second-order valence-electron chi connectivity index (χ2n) is 10.9. The molecule has 0 radical (unpaired) electrons.